The summed E-state index contributed by atoms with van der Waals surface area (Å²) in [4.78, 5) is 0. The molecule has 2 nitrogen and oxygen atoms in total. The second-order valence-electron chi connectivity index (χ2n) is 5.37. The second-order valence-corrected chi connectivity index (χ2v) is 5.37. The highest BCUT2D eigenvalue weighted by atomic mass is 19.1. The summed E-state index contributed by atoms with van der Waals surface area (Å²) in [7, 11) is 3.57. The zero-order valence-corrected chi connectivity index (χ0v) is 13.0. The van der Waals surface area contributed by atoms with Crippen molar-refractivity contribution in [1.82, 2.24) is 5.32 Å². The highest BCUT2D eigenvalue weighted by molar-refractivity contribution is 5.38. The number of ether oxygens (including phenoxy) is 1. The lowest BCUT2D eigenvalue weighted by molar-refractivity contribution is 0.406. The van der Waals surface area contributed by atoms with Crippen LogP contribution in [-0.4, -0.2) is 14.2 Å². The van der Waals surface area contributed by atoms with Crippen LogP contribution in [-0.2, 0) is 6.42 Å². The minimum absolute atomic E-state index is 0.0517. The van der Waals surface area contributed by atoms with Gasteiger partial charge in [-0.2, -0.15) is 0 Å². The molecule has 0 saturated carbocycles. The molecule has 2 aromatic carbocycles. The summed E-state index contributed by atoms with van der Waals surface area (Å²) in [6.07, 6.45) is 0.754. The maximum atomic E-state index is 13.8. The van der Waals surface area contributed by atoms with E-state index in [1.165, 1.54) is 5.56 Å². The largest absolute Gasteiger partial charge is 0.496 e. The Balaban J connectivity index is 2.30. The molecule has 0 aliphatic heterocycles. The molecular formula is C18H22FNO. The number of nitrogens with one attached hydrogen (secondary N) is 1. The number of rotatable bonds is 5. The Hall–Kier alpha value is -1.87. The molecule has 1 atom stereocenters. The molecule has 0 bridgehead atoms. The van der Waals surface area contributed by atoms with Crippen LogP contribution < -0.4 is 10.1 Å². The lowest BCUT2D eigenvalue weighted by Gasteiger charge is -2.19. The van der Waals surface area contributed by atoms with Gasteiger partial charge in [-0.3, -0.25) is 0 Å². The average Bonchev–Trinajstić information content (AvgIpc) is 2.48. The van der Waals surface area contributed by atoms with Crippen LogP contribution in [0.25, 0.3) is 0 Å². The van der Waals surface area contributed by atoms with Crippen LogP contribution in [0.3, 0.4) is 0 Å². The van der Waals surface area contributed by atoms with E-state index in [1.807, 2.05) is 31.3 Å². The first-order valence-electron chi connectivity index (χ1n) is 7.12. The molecule has 0 aliphatic rings. The van der Waals surface area contributed by atoms with Gasteiger partial charge in [0, 0.05) is 6.04 Å². The molecule has 0 amide bonds. The van der Waals surface area contributed by atoms with Crippen molar-refractivity contribution in [2.45, 2.75) is 26.3 Å². The zero-order chi connectivity index (χ0) is 15.4. The van der Waals surface area contributed by atoms with E-state index in [4.69, 9.17) is 4.74 Å². The Kier molecular flexibility index (Phi) is 4.97. The lowest BCUT2D eigenvalue weighted by Crippen LogP contribution is -2.19. The Bertz CT molecular complexity index is 625. The van der Waals surface area contributed by atoms with Crippen molar-refractivity contribution < 1.29 is 9.13 Å². The highest BCUT2D eigenvalue weighted by Crippen LogP contribution is 2.26. The molecule has 2 aromatic rings. The van der Waals surface area contributed by atoms with Crippen LogP contribution in [0.5, 0.6) is 5.75 Å². The molecule has 0 saturated heterocycles. The number of aryl methyl sites for hydroxylation is 2. The van der Waals surface area contributed by atoms with Gasteiger partial charge in [0.05, 0.1) is 7.11 Å². The van der Waals surface area contributed by atoms with E-state index in [2.05, 4.69) is 18.3 Å². The van der Waals surface area contributed by atoms with Gasteiger partial charge in [-0.05, 0) is 56.1 Å². The van der Waals surface area contributed by atoms with Crippen LogP contribution in [0.15, 0.2) is 36.4 Å². The summed E-state index contributed by atoms with van der Waals surface area (Å²) < 4.78 is 19.2. The topological polar surface area (TPSA) is 21.3 Å². The average molecular weight is 287 g/mol. The molecule has 0 spiro atoms. The van der Waals surface area contributed by atoms with Crippen molar-refractivity contribution in [2.75, 3.05) is 14.2 Å². The number of hydrogen-bond donors (Lipinski definition) is 1. The predicted molar refractivity (Wildman–Crippen MR) is 84.4 cm³/mol. The molecule has 0 aromatic heterocycles. The van der Waals surface area contributed by atoms with Gasteiger partial charge in [-0.1, -0.05) is 29.8 Å². The summed E-state index contributed by atoms with van der Waals surface area (Å²) in [5, 5.41) is 3.26. The number of benzene rings is 2. The van der Waals surface area contributed by atoms with Crippen molar-refractivity contribution in [3.05, 3.63) is 64.5 Å². The van der Waals surface area contributed by atoms with Crippen molar-refractivity contribution >= 4 is 0 Å². The second kappa shape index (κ2) is 6.72. The minimum atomic E-state index is -0.163. The molecule has 0 fully saturated rings. The third-order valence-electron chi connectivity index (χ3n) is 3.81. The molecule has 2 rings (SSSR count). The monoisotopic (exact) mass is 287 g/mol. The van der Waals surface area contributed by atoms with E-state index >= 15 is 0 Å². The molecule has 3 heteroatoms. The van der Waals surface area contributed by atoms with E-state index < -0.39 is 0 Å². The van der Waals surface area contributed by atoms with E-state index in [9.17, 15) is 4.39 Å². The maximum absolute atomic E-state index is 13.8. The van der Waals surface area contributed by atoms with Crippen LogP contribution >= 0.6 is 0 Å². The number of methoxy groups -OCH3 is 1. The van der Waals surface area contributed by atoms with Crippen molar-refractivity contribution in [1.29, 1.82) is 0 Å². The summed E-state index contributed by atoms with van der Waals surface area (Å²) in [5.74, 6) is 0.706. The number of halogens is 1. The quantitative estimate of drug-likeness (QED) is 0.899. The number of likely N-dealkylation sites (N-methyl/N-ethyl adjacent to an activating group) is 1. The molecule has 0 aliphatic carbocycles. The van der Waals surface area contributed by atoms with Gasteiger partial charge in [-0.25, -0.2) is 4.39 Å². The van der Waals surface area contributed by atoms with E-state index in [0.717, 1.165) is 23.3 Å². The van der Waals surface area contributed by atoms with Gasteiger partial charge in [0.2, 0.25) is 0 Å². The van der Waals surface area contributed by atoms with Crippen LogP contribution in [0, 0.1) is 19.7 Å². The van der Waals surface area contributed by atoms with Gasteiger partial charge >= 0.3 is 0 Å². The van der Waals surface area contributed by atoms with Crippen LogP contribution in [0.4, 0.5) is 4.39 Å². The maximum Gasteiger partial charge on any atom is 0.126 e. The smallest absolute Gasteiger partial charge is 0.126 e. The fourth-order valence-corrected chi connectivity index (χ4v) is 2.50. The highest BCUT2D eigenvalue weighted by Gasteiger charge is 2.14. The summed E-state index contributed by atoms with van der Waals surface area (Å²) in [6, 6.07) is 11.6. The fraction of sp³-hybridized carbons (Fsp3) is 0.333. The minimum Gasteiger partial charge on any atom is -0.496 e. The van der Waals surface area contributed by atoms with Gasteiger partial charge < -0.3 is 10.1 Å². The number of hydrogen-bond acceptors (Lipinski definition) is 2. The van der Waals surface area contributed by atoms with E-state index in [1.54, 1.807) is 20.1 Å². The van der Waals surface area contributed by atoms with E-state index in [-0.39, 0.29) is 11.9 Å². The zero-order valence-electron chi connectivity index (χ0n) is 13.0. The molecule has 1 unspecified atom stereocenters. The first-order valence-corrected chi connectivity index (χ1v) is 7.12. The third kappa shape index (κ3) is 3.61. The van der Waals surface area contributed by atoms with Gasteiger partial charge in [0.25, 0.3) is 0 Å². The van der Waals surface area contributed by atoms with Gasteiger partial charge in [0.1, 0.15) is 11.6 Å². The molecule has 112 valence electrons. The first kappa shape index (κ1) is 15.5. The molecular weight excluding hydrogens is 265 g/mol. The Labute approximate surface area is 126 Å². The molecule has 1 N–H and O–H groups in total. The summed E-state index contributed by atoms with van der Waals surface area (Å²) >= 11 is 0. The molecule has 0 radical (unpaired) electrons. The van der Waals surface area contributed by atoms with E-state index in [0.29, 0.717) is 5.56 Å². The van der Waals surface area contributed by atoms with Gasteiger partial charge in [-0.15, -0.1) is 0 Å². The first-order chi connectivity index (χ1) is 10.0. The molecule has 0 heterocycles. The lowest BCUT2D eigenvalue weighted by atomic mass is 9.96. The predicted octanol–water partition coefficient (Wildman–Crippen LogP) is 3.95. The molecule has 21 heavy (non-hydrogen) atoms. The Morgan fingerprint density at radius 2 is 1.90 bits per heavy atom. The SMILES string of the molecule is CNC(Cc1cc(C)ccc1OC)c1ccc(C)c(F)c1. The summed E-state index contributed by atoms with van der Waals surface area (Å²) in [6.45, 7) is 3.83. The van der Waals surface area contributed by atoms with Crippen LogP contribution in [0.2, 0.25) is 0 Å². The third-order valence-corrected chi connectivity index (χ3v) is 3.81. The normalized spacial score (nSPS) is 12.2. The Morgan fingerprint density at radius 1 is 1.14 bits per heavy atom. The Morgan fingerprint density at radius 3 is 2.52 bits per heavy atom. The standard InChI is InChI=1S/C18H22FNO/c1-12-5-8-18(21-4)15(9-12)11-17(20-3)14-7-6-13(2)16(19)10-14/h5-10,17,20H,11H2,1-4H3. The summed E-state index contributed by atoms with van der Waals surface area (Å²) in [5.41, 5.74) is 3.93. The van der Waals surface area contributed by atoms with Gasteiger partial charge in [0.15, 0.2) is 0 Å². The fourth-order valence-electron chi connectivity index (χ4n) is 2.50. The van der Waals surface area contributed by atoms with Crippen molar-refractivity contribution in [3.8, 4) is 5.75 Å². The van der Waals surface area contributed by atoms with Crippen molar-refractivity contribution in [3.63, 3.8) is 0 Å². The van der Waals surface area contributed by atoms with Crippen LogP contribution in [0.1, 0.15) is 28.3 Å². The van der Waals surface area contributed by atoms with Crippen molar-refractivity contribution in [2.24, 2.45) is 0 Å².